The standard InChI is InChI=1S/C13H18BrN3O3S/c1-2-21(19,20)17-8-5-10(6-9-17)16-13(18)12-11(14)4-3-7-15-12/h3-4,7,10H,2,5-6,8-9H2,1H3,(H,16,18). The highest BCUT2D eigenvalue weighted by Crippen LogP contribution is 2.17. The summed E-state index contributed by atoms with van der Waals surface area (Å²) in [5.41, 5.74) is 0.348. The SMILES string of the molecule is CCS(=O)(=O)N1CCC(NC(=O)c2ncccc2Br)CC1. The highest BCUT2D eigenvalue weighted by Gasteiger charge is 2.27. The van der Waals surface area contributed by atoms with E-state index in [4.69, 9.17) is 0 Å². The van der Waals surface area contributed by atoms with Crippen molar-refractivity contribution < 1.29 is 13.2 Å². The van der Waals surface area contributed by atoms with Gasteiger partial charge in [-0.15, -0.1) is 0 Å². The maximum absolute atomic E-state index is 12.1. The average Bonchev–Trinajstić information content (AvgIpc) is 2.48. The predicted octanol–water partition coefficient (Wildman–Crippen LogP) is 1.39. The van der Waals surface area contributed by atoms with E-state index in [1.54, 1.807) is 25.3 Å². The molecule has 21 heavy (non-hydrogen) atoms. The summed E-state index contributed by atoms with van der Waals surface area (Å²) in [7, 11) is -3.13. The van der Waals surface area contributed by atoms with Crippen molar-refractivity contribution >= 4 is 31.9 Å². The maximum Gasteiger partial charge on any atom is 0.271 e. The van der Waals surface area contributed by atoms with Gasteiger partial charge in [0, 0.05) is 29.8 Å². The Balaban J connectivity index is 1.92. The number of sulfonamides is 1. The molecule has 0 spiro atoms. The normalized spacial score (nSPS) is 17.6. The van der Waals surface area contributed by atoms with Crippen LogP contribution in [0.25, 0.3) is 0 Å². The highest BCUT2D eigenvalue weighted by atomic mass is 79.9. The summed E-state index contributed by atoms with van der Waals surface area (Å²) >= 11 is 3.30. The van der Waals surface area contributed by atoms with Crippen LogP contribution in [0.3, 0.4) is 0 Å². The molecular weight excluding hydrogens is 358 g/mol. The molecule has 1 amide bonds. The number of rotatable bonds is 4. The highest BCUT2D eigenvalue weighted by molar-refractivity contribution is 9.10. The second kappa shape index (κ2) is 6.85. The van der Waals surface area contributed by atoms with E-state index in [2.05, 4.69) is 26.2 Å². The fourth-order valence-electron chi connectivity index (χ4n) is 2.27. The lowest BCUT2D eigenvalue weighted by Crippen LogP contribution is -2.47. The van der Waals surface area contributed by atoms with E-state index in [-0.39, 0.29) is 17.7 Å². The van der Waals surface area contributed by atoms with Gasteiger partial charge >= 0.3 is 0 Å². The van der Waals surface area contributed by atoms with Crippen LogP contribution in [-0.4, -0.2) is 48.5 Å². The van der Waals surface area contributed by atoms with Gasteiger partial charge in [-0.1, -0.05) is 0 Å². The third-order valence-electron chi connectivity index (χ3n) is 3.52. The first-order chi connectivity index (χ1) is 9.94. The zero-order valence-corrected chi connectivity index (χ0v) is 14.2. The molecule has 0 radical (unpaired) electrons. The van der Waals surface area contributed by atoms with Gasteiger partial charge in [0.2, 0.25) is 10.0 Å². The Hall–Kier alpha value is -0.990. The number of nitrogens with one attached hydrogen (secondary N) is 1. The Morgan fingerprint density at radius 3 is 2.71 bits per heavy atom. The average molecular weight is 376 g/mol. The quantitative estimate of drug-likeness (QED) is 0.861. The molecule has 2 heterocycles. The van der Waals surface area contributed by atoms with Crippen molar-refractivity contribution in [2.75, 3.05) is 18.8 Å². The molecule has 0 saturated carbocycles. The van der Waals surface area contributed by atoms with Gasteiger partial charge in [0.25, 0.3) is 5.91 Å². The molecule has 1 aromatic rings. The molecule has 1 aromatic heterocycles. The number of hydrogen-bond donors (Lipinski definition) is 1. The summed E-state index contributed by atoms with van der Waals surface area (Å²) < 4.78 is 25.7. The van der Waals surface area contributed by atoms with Crippen molar-refractivity contribution in [1.29, 1.82) is 0 Å². The molecular formula is C13H18BrN3O3S. The van der Waals surface area contributed by atoms with Crippen LogP contribution in [0.5, 0.6) is 0 Å². The number of pyridine rings is 1. The van der Waals surface area contributed by atoms with Crippen molar-refractivity contribution in [1.82, 2.24) is 14.6 Å². The Morgan fingerprint density at radius 2 is 2.14 bits per heavy atom. The molecule has 2 rings (SSSR count). The van der Waals surface area contributed by atoms with E-state index in [1.165, 1.54) is 4.31 Å². The van der Waals surface area contributed by atoms with E-state index >= 15 is 0 Å². The molecule has 0 unspecified atom stereocenters. The fraction of sp³-hybridized carbons (Fsp3) is 0.538. The van der Waals surface area contributed by atoms with Crippen LogP contribution in [0.4, 0.5) is 0 Å². The van der Waals surface area contributed by atoms with Crippen LogP contribution in [0.2, 0.25) is 0 Å². The minimum atomic E-state index is -3.13. The van der Waals surface area contributed by atoms with E-state index in [0.717, 1.165) is 0 Å². The van der Waals surface area contributed by atoms with Crippen LogP contribution in [0.15, 0.2) is 22.8 Å². The topological polar surface area (TPSA) is 79.4 Å². The summed E-state index contributed by atoms with van der Waals surface area (Å²) in [6, 6.07) is 3.49. The number of hydrogen-bond acceptors (Lipinski definition) is 4. The number of halogens is 1. The lowest BCUT2D eigenvalue weighted by atomic mass is 10.1. The van der Waals surface area contributed by atoms with Crippen molar-refractivity contribution in [3.05, 3.63) is 28.5 Å². The molecule has 1 aliphatic heterocycles. The number of nitrogens with zero attached hydrogens (tertiary/aromatic N) is 2. The minimum absolute atomic E-state index is 0.0188. The summed E-state index contributed by atoms with van der Waals surface area (Å²) in [5, 5.41) is 2.91. The largest absolute Gasteiger partial charge is 0.348 e. The van der Waals surface area contributed by atoms with Gasteiger partial charge in [-0.25, -0.2) is 17.7 Å². The van der Waals surface area contributed by atoms with Gasteiger partial charge in [0.05, 0.1) is 5.75 Å². The molecule has 0 atom stereocenters. The van der Waals surface area contributed by atoms with Crippen LogP contribution < -0.4 is 5.32 Å². The summed E-state index contributed by atoms with van der Waals surface area (Å²) in [6.45, 7) is 2.54. The predicted molar refractivity (Wildman–Crippen MR) is 83.5 cm³/mol. The van der Waals surface area contributed by atoms with Crippen molar-refractivity contribution in [2.24, 2.45) is 0 Å². The summed E-state index contributed by atoms with van der Waals surface area (Å²) in [5.74, 6) is -0.121. The first kappa shape index (κ1) is 16.4. The van der Waals surface area contributed by atoms with E-state index in [0.29, 0.717) is 36.1 Å². The molecule has 1 saturated heterocycles. The van der Waals surface area contributed by atoms with Gasteiger partial charge in [-0.2, -0.15) is 0 Å². The monoisotopic (exact) mass is 375 g/mol. The molecule has 1 N–H and O–H groups in total. The molecule has 116 valence electrons. The third-order valence-corrected chi connectivity index (χ3v) is 6.04. The van der Waals surface area contributed by atoms with Crippen molar-refractivity contribution in [2.45, 2.75) is 25.8 Å². The molecule has 6 nitrogen and oxygen atoms in total. The number of amides is 1. The van der Waals surface area contributed by atoms with Crippen LogP contribution in [-0.2, 0) is 10.0 Å². The Labute approximate surface area is 133 Å². The third kappa shape index (κ3) is 4.02. The molecule has 1 aliphatic rings. The molecule has 0 aliphatic carbocycles. The van der Waals surface area contributed by atoms with E-state index in [1.807, 2.05) is 0 Å². The molecule has 1 fully saturated rings. The first-order valence-corrected chi connectivity index (χ1v) is 9.23. The first-order valence-electron chi connectivity index (χ1n) is 6.83. The number of carbonyl (C=O) groups excluding carboxylic acids is 1. The maximum atomic E-state index is 12.1. The zero-order chi connectivity index (χ0) is 15.5. The number of aromatic nitrogens is 1. The Morgan fingerprint density at radius 1 is 1.48 bits per heavy atom. The molecule has 8 heteroatoms. The fourth-order valence-corrected chi connectivity index (χ4v) is 3.83. The van der Waals surface area contributed by atoms with Crippen molar-refractivity contribution in [3.63, 3.8) is 0 Å². The lowest BCUT2D eigenvalue weighted by molar-refractivity contribution is 0.0918. The van der Waals surface area contributed by atoms with Crippen molar-refractivity contribution in [3.8, 4) is 0 Å². The number of piperidine rings is 1. The van der Waals surface area contributed by atoms with Crippen LogP contribution in [0, 0.1) is 0 Å². The second-order valence-electron chi connectivity index (χ2n) is 4.88. The lowest BCUT2D eigenvalue weighted by Gasteiger charge is -2.31. The Bertz CT molecular complexity index is 613. The zero-order valence-electron chi connectivity index (χ0n) is 11.8. The van der Waals surface area contributed by atoms with Crippen LogP contribution in [0.1, 0.15) is 30.3 Å². The van der Waals surface area contributed by atoms with E-state index < -0.39 is 10.0 Å². The molecule has 0 bridgehead atoms. The minimum Gasteiger partial charge on any atom is -0.348 e. The number of carbonyl (C=O) groups is 1. The second-order valence-corrected chi connectivity index (χ2v) is 7.99. The summed E-state index contributed by atoms with van der Waals surface area (Å²) in [6.07, 6.45) is 2.81. The van der Waals surface area contributed by atoms with Gasteiger partial charge in [-0.3, -0.25) is 4.79 Å². The van der Waals surface area contributed by atoms with Crippen LogP contribution >= 0.6 is 15.9 Å². The summed E-state index contributed by atoms with van der Waals surface area (Å²) in [4.78, 5) is 16.2. The van der Waals surface area contributed by atoms with E-state index in [9.17, 15) is 13.2 Å². The van der Waals surface area contributed by atoms with Gasteiger partial charge < -0.3 is 5.32 Å². The van der Waals surface area contributed by atoms with Gasteiger partial charge in [-0.05, 0) is 47.8 Å². The Kier molecular flexibility index (Phi) is 5.34. The van der Waals surface area contributed by atoms with Gasteiger partial charge in [0.15, 0.2) is 0 Å². The molecule has 0 aromatic carbocycles. The smallest absolute Gasteiger partial charge is 0.271 e. The van der Waals surface area contributed by atoms with Gasteiger partial charge in [0.1, 0.15) is 5.69 Å².